The summed E-state index contributed by atoms with van der Waals surface area (Å²) in [5.74, 6) is -0.499. The van der Waals surface area contributed by atoms with E-state index in [4.69, 9.17) is 4.74 Å². The molecule has 1 atom stereocenters. The van der Waals surface area contributed by atoms with Crippen LogP contribution in [0.5, 0.6) is 5.75 Å². The summed E-state index contributed by atoms with van der Waals surface area (Å²) < 4.78 is 6.89. The average molecular weight is 424 g/mol. The molecule has 4 rings (SSSR count). The number of ether oxygens (including phenoxy) is 1. The number of anilines is 1. The fourth-order valence-electron chi connectivity index (χ4n) is 4.16. The van der Waals surface area contributed by atoms with Crippen molar-refractivity contribution in [3.8, 4) is 5.75 Å². The Balaban J connectivity index is 1.67. The molecule has 0 saturated carbocycles. The minimum absolute atomic E-state index is 0.247. The number of fused-ring (bicyclic) bond motifs is 1. The predicted molar refractivity (Wildman–Crippen MR) is 115 cm³/mol. The summed E-state index contributed by atoms with van der Waals surface area (Å²) in [4.78, 5) is 32.1. The van der Waals surface area contributed by atoms with Crippen molar-refractivity contribution in [2.24, 2.45) is 0 Å². The molecule has 0 aliphatic carbocycles. The zero-order valence-corrected chi connectivity index (χ0v) is 17.1. The highest BCUT2D eigenvalue weighted by Crippen LogP contribution is 2.34. The number of hydrogen-bond acceptors (Lipinski definition) is 6. The van der Waals surface area contributed by atoms with Crippen LogP contribution in [0.25, 0.3) is 10.9 Å². The molecule has 162 valence electrons. The number of carboxylic acid groups (broad SMARTS) is 2. The molecule has 1 fully saturated rings. The summed E-state index contributed by atoms with van der Waals surface area (Å²) in [5, 5.41) is 20.1. The van der Waals surface area contributed by atoms with Crippen molar-refractivity contribution in [3.63, 3.8) is 0 Å². The summed E-state index contributed by atoms with van der Waals surface area (Å²) in [6.07, 6.45) is 3.38. The van der Waals surface area contributed by atoms with Gasteiger partial charge in [-0.15, -0.1) is 0 Å². The predicted octanol–water partition coefficient (Wildman–Crippen LogP) is 2.08. The van der Waals surface area contributed by atoms with Crippen molar-refractivity contribution in [2.75, 3.05) is 38.2 Å². The van der Waals surface area contributed by atoms with Crippen LogP contribution in [-0.4, -0.2) is 69.9 Å². The Morgan fingerprint density at radius 3 is 2.52 bits per heavy atom. The smallest absolute Gasteiger partial charge is 0.325 e. The number of piperazine rings is 1. The molecule has 1 aliphatic heterocycles. The Kier molecular flexibility index (Phi) is 5.77. The molecule has 3 heterocycles. The van der Waals surface area contributed by atoms with E-state index in [0.29, 0.717) is 48.4 Å². The van der Waals surface area contributed by atoms with Gasteiger partial charge in [0.05, 0.1) is 7.11 Å². The first-order chi connectivity index (χ1) is 15.0. The van der Waals surface area contributed by atoms with E-state index in [0.717, 1.165) is 5.82 Å². The highest BCUT2D eigenvalue weighted by atomic mass is 16.5. The van der Waals surface area contributed by atoms with E-state index in [1.54, 1.807) is 42.3 Å². The monoisotopic (exact) mass is 424 g/mol. The lowest BCUT2D eigenvalue weighted by Crippen LogP contribution is -2.49. The van der Waals surface area contributed by atoms with E-state index >= 15 is 0 Å². The lowest BCUT2D eigenvalue weighted by molar-refractivity contribution is -0.143. The average Bonchev–Trinajstić information content (AvgIpc) is 3.11. The van der Waals surface area contributed by atoms with Gasteiger partial charge in [-0.05, 0) is 30.3 Å². The number of methoxy groups -OCH3 is 1. The molecule has 2 aromatic heterocycles. The van der Waals surface area contributed by atoms with Crippen LogP contribution in [0.3, 0.4) is 0 Å². The molecule has 2 N–H and O–H groups in total. The highest BCUT2D eigenvalue weighted by molar-refractivity contribution is 5.91. The SMILES string of the molecule is COc1ccc2c(c1)c([C@H](C(=O)O)N1CCN(c3ccccn3)CC1)cn2CC(=O)O. The number of hydrogen-bond donors (Lipinski definition) is 2. The minimum atomic E-state index is -0.991. The topological polar surface area (TPSA) is 108 Å². The van der Waals surface area contributed by atoms with Crippen molar-refractivity contribution >= 4 is 28.7 Å². The quantitative estimate of drug-likeness (QED) is 0.594. The van der Waals surface area contributed by atoms with Crippen LogP contribution in [0.15, 0.2) is 48.8 Å². The number of pyridine rings is 1. The van der Waals surface area contributed by atoms with E-state index in [-0.39, 0.29) is 6.54 Å². The number of carbonyl (C=O) groups is 2. The van der Waals surface area contributed by atoms with Crippen LogP contribution in [0, 0.1) is 0 Å². The molecule has 3 aromatic rings. The molecule has 0 amide bonds. The second-order valence-corrected chi connectivity index (χ2v) is 7.44. The third-order valence-electron chi connectivity index (χ3n) is 5.61. The molecule has 0 spiro atoms. The molecule has 9 heteroatoms. The largest absolute Gasteiger partial charge is 0.497 e. The summed E-state index contributed by atoms with van der Waals surface area (Å²) >= 11 is 0. The molecular formula is C22H24N4O5. The van der Waals surface area contributed by atoms with E-state index in [2.05, 4.69) is 9.88 Å². The van der Waals surface area contributed by atoms with Gasteiger partial charge >= 0.3 is 11.9 Å². The molecule has 0 bridgehead atoms. The third kappa shape index (κ3) is 4.17. The molecule has 0 radical (unpaired) electrons. The number of carboxylic acids is 2. The van der Waals surface area contributed by atoms with Crippen molar-refractivity contribution in [3.05, 3.63) is 54.4 Å². The van der Waals surface area contributed by atoms with Gasteiger partial charge < -0.3 is 24.4 Å². The first-order valence-electron chi connectivity index (χ1n) is 9.99. The Bertz CT molecular complexity index is 1090. The molecule has 1 aliphatic rings. The summed E-state index contributed by atoms with van der Waals surface area (Å²) in [7, 11) is 1.54. The number of rotatable bonds is 7. The van der Waals surface area contributed by atoms with Crippen LogP contribution in [0.2, 0.25) is 0 Å². The third-order valence-corrected chi connectivity index (χ3v) is 5.61. The summed E-state index contributed by atoms with van der Waals surface area (Å²) in [6, 6.07) is 10.1. The Labute approximate surface area is 179 Å². The van der Waals surface area contributed by atoms with Crippen molar-refractivity contribution in [1.29, 1.82) is 0 Å². The first-order valence-corrected chi connectivity index (χ1v) is 9.99. The second-order valence-electron chi connectivity index (χ2n) is 7.44. The fraction of sp³-hybridized carbons (Fsp3) is 0.318. The summed E-state index contributed by atoms with van der Waals surface area (Å²) in [5.41, 5.74) is 1.23. The number of nitrogens with zero attached hydrogens (tertiary/aromatic N) is 4. The number of benzene rings is 1. The lowest BCUT2D eigenvalue weighted by Gasteiger charge is -2.38. The number of aliphatic carboxylic acids is 2. The van der Waals surface area contributed by atoms with E-state index < -0.39 is 18.0 Å². The van der Waals surface area contributed by atoms with Crippen molar-refractivity contribution in [1.82, 2.24) is 14.5 Å². The summed E-state index contributed by atoms with van der Waals surface area (Å²) in [6.45, 7) is 2.14. The van der Waals surface area contributed by atoms with Gasteiger partial charge in [-0.3, -0.25) is 14.5 Å². The Morgan fingerprint density at radius 2 is 1.90 bits per heavy atom. The zero-order valence-electron chi connectivity index (χ0n) is 17.1. The van der Waals surface area contributed by atoms with Crippen molar-refractivity contribution in [2.45, 2.75) is 12.6 Å². The van der Waals surface area contributed by atoms with Crippen LogP contribution >= 0.6 is 0 Å². The van der Waals surface area contributed by atoms with Gasteiger partial charge in [0, 0.05) is 55.0 Å². The maximum atomic E-state index is 12.4. The highest BCUT2D eigenvalue weighted by Gasteiger charge is 2.33. The van der Waals surface area contributed by atoms with Gasteiger partial charge in [0.25, 0.3) is 0 Å². The van der Waals surface area contributed by atoms with Gasteiger partial charge in [0.15, 0.2) is 0 Å². The Morgan fingerprint density at radius 1 is 1.13 bits per heavy atom. The molecule has 0 unspecified atom stereocenters. The van der Waals surface area contributed by atoms with Crippen LogP contribution in [-0.2, 0) is 16.1 Å². The van der Waals surface area contributed by atoms with Gasteiger partial charge in [-0.25, -0.2) is 4.98 Å². The lowest BCUT2D eigenvalue weighted by atomic mass is 10.0. The van der Waals surface area contributed by atoms with E-state index in [1.807, 2.05) is 23.1 Å². The zero-order chi connectivity index (χ0) is 22.0. The molecule has 31 heavy (non-hydrogen) atoms. The van der Waals surface area contributed by atoms with Crippen molar-refractivity contribution < 1.29 is 24.5 Å². The first kappa shape index (κ1) is 20.7. The van der Waals surface area contributed by atoms with E-state index in [9.17, 15) is 19.8 Å². The maximum absolute atomic E-state index is 12.4. The van der Waals surface area contributed by atoms with Gasteiger partial charge in [0.1, 0.15) is 24.2 Å². The van der Waals surface area contributed by atoms with E-state index in [1.165, 1.54) is 0 Å². The molecule has 1 aromatic carbocycles. The van der Waals surface area contributed by atoms with Gasteiger partial charge in [0.2, 0.25) is 0 Å². The van der Waals surface area contributed by atoms with Crippen LogP contribution in [0.4, 0.5) is 5.82 Å². The normalized spacial score (nSPS) is 15.7. The number of aromatic nitrogens is 2. The minimum Gasteiger partial charge on any atom is -0.497 e. The molecular weight excluding hydrogens is 400 g/mol. The van der Waals surface area contributed by atoms with Crippen LogP contribution < -0.4 is 9.64 Å². The fourth-order valence-corrected chi connectivity index (χ4v) is 4.16. The maximum Gasteiger partial charge on any atom is 0.325 e. The second kappa shape index (κ2) is 8.65. The molecule has 1 saturated heterocycles. The Hall–Kier alpha value is -3.59. The molecule has 9 nitrogen and oxygen atoms in total. The standard InChI is InChI=1S/C22H24N4O5/c1-31-15-5-6-18-16(12-15)17(13-26(18)14-20(27)28)21(22(29)30)25-10-8-24(9-11-25)19-4-2-3-7-23-19/h2-7,12-13,21H,8-11,14H2,1H3,(H,27,28)(H,29,30)/t21-/m1/s1. The van der Waals surface area contributed by atoms with Crippen LogP contribution in [0.1, 0.15) is 11.6 Å². The van der Waals surface area contributed by atoms with Gasteiger partial charge in [-0.1, -0.05) is 6.07 Å². The van der Waals surface area contributed by atoms with Gasteiger partial charge in [-0.2, -0.15) is 0 Å².